The van der Waals surface area contributed by atoms with Gasteiger partial charge in [-0.3, -0.25) is 9.59 Å². The summed E-state index contributed by atoms with van der Waals surface area (Å²) in [6.07, 6.45) is 5.53. The van der Waals surface area contributed by atoms with Crippen LogP contribution in [-0.4, -0.2) is 73.2 Å². The predicted octanol–water partition coefficient (Wildman–Crippen LogP) is 4.98. The van der Waals surface area contributed by atoms with Gasteiger partial charge in [0.15, 0.2) is 0 Å². The number of benzene rings is 2. The Morgan fingerprint density at radius 1 is 1.00 bits per heavy atom. The molecule has 44 heavy (non-hydrogen) atoms. The molecule has 2 unspecified atom stereocenters. The molecule has 5 rings (SSSR count). The quantitative estimate of drug-likeness (QED) is 0.286. The molecule has 234 valence electrons. The van der Waals surface area contributed by atoms with Crippen molar-refractivity contribution in [1.82, 2.24) is 20.5 Å². The number of nitrogens with zero attached hydrogens (tertiary/aromatic N) is 3. The molecule has 2 saturated heterocycles. The molecule has 2 aliphatic heterocycles. The molecule has 0 aliphatic carbocycles. The van der Waals surface area contributed by atoms with Crippen LogP contribution in [0.3, 0.4) is 0 Å². The summed E-state index contributed by atoms with van der Waals surface area (Å²) in [6.45, 7) is 10.2. The Kier molecular flexibility index (Phi) is 10.4. The lowest BCUT2D eigenvalue weighted by Gasteiger charge is -2.40. The fourth-order valence-electron chi connectivity index (χ4n) is 6.55. The Balaban J connectivity index is 1.13. The minimum Gasteiger partial charge on any atom is -0.496 e. The lowest BCUT2D eigenvalue weighted by atomic mass is 9.96. The third-order valence-corrected chi connectivity index (χ3v) is 9.01. The number of amides is 2. The molecule has 2 amide bonds. The molecule has 2 bridgehead atoms. The number of methoxy groups -OCH3 is 1. The molecule has 0 spiro atoms. The minimum atomic E-state index is -0.158. The first-order valence-corrected chi connectivity index (χ1v) is 15.8. The van der Waals surface area contributed by atoms with Crippen LogP contribution in [0.25, 0.3) is 0 Å². The molecule has 9 nitrogen and oxygen atoms in total. The van der Waals surface area contributed by atoms with E-state index in [0.29, 0.717) is 36.4 Å². The van der Waals surface area contributed by atoms with Crippen molar-refractivity contribution in [3.63, 3.8) is 0 Å². The average molecular weight is 600 g/mol. The van der Waals surface area contributed by atoms with Crippen molar-refractivity contribution in [1.29, 1.82) is 0 Å². The highest BCUT2D eigenvalue weighted by molar-refractivity contribution is 5.96. The normalized spacial score (nSPS) is 19.1. The van der Waals surface area contributed by atoms with E-state index >= 15 is 0 Å². The van der Waals surface area contributed by atoms with Gasteiger partial charge >= 0.3 is 0 Å². The number of anilines is 1. The number of fused-ring (bicyclic) bond motifs is 2. The van der Waals surface area contributed by atoms with E-state index in [1.165, 1.54) is 0 Å². The third kappa shape index (κ3) is 7.33. The van der Waals surface area contributed by atoms with Crippen molar-refractivity contribution in [2.75, 3.05) is 38.3 Å². The molecule has 3 aromatic rings. The predicted molar refractivity (Wildman–Crippen MR) is 173 cm³/mol. The number of carbonyl (C=O) groups is 2. The van der Waals surface area contributed by atoms with Crippen molar-refractivity contribution in [3.05, 3.63) is 83.0 Å². The molecule has 0 saturated carbocycles. The maximum absolute atomic E-state index is 13.1. The Morgan fingerprint density at radius 2 is 1.75 bits per heavy atom. The molecular formula is C35H45N5O4. The van der Waals surface area contributed by atoms with E-state index in [-0.39, 0.29) is 17.9 Å². The van der Waals surface area contributed by atoms with Crippen LogP contribution in [0.2, 0.25) is 0 Å². The number of hydrogen-bond donors (Lipinski definition) is 2. The fourth-order valence-corrected chi connectivity index (χ4v) is 6.55. The zero-order valence-electron chi connectivity index (χ0n) is 26.3. The molecule has 2 fully saturated rings. The minimum absolute atomic E-state index is 0.0534. The Hall–Kier alpha value is -4.11. The summed E-state index contributed by atoms with van der Waals surface area (Å²) in [7, 11) is 1.62. The number of piperidine rings is 1. The summed E-state index contributed by atoms with van der Waals surface area (Å²) in [5.41, 5.74) is 3.02. The van der Waals surface area contributed by atoms with E-state index in [0.717, 1.165) is 73.8 Å². The summed E-state index contributed by atoms with van der Waals surface area (Å²) >= 11 is 0. The lowest BCUT2D eigenvalue weighted by Crippen LogP contribution is -2.50. The smallest absolute Gasteiger partial charge is 0.253 e. The number of aromatic nitrogens is 1. The highest BCUT2D eigenvalue weighted by atomic mass is 16.5. The summed E-state index contributed by atoms with van der Waals surface area (Å²) in [5.74, 6) is 2.20. The summed E-state index contributed by atoms with van der Waals surface area (Å²) in [6, 6.07) is 17.9. The molecule has 0 radical (unpaired) electrons. The van der Waals surface area contributed by atoms with E-state index in [1.54, 1.807) is 13.3 Å². The van der Waals surface area contributed by atoms with Crippen molar-refractivity contribution >= 4 is 17.6 Å². The van der Waals surface area contributed by atoms with Crippen molar-refractivity contribution in [3.8, 4) is 11.5 Å². The van der Waals surface area contributed by atoms with E-state index in [2.05, 4.69) is 34.3 Å². The topological polar surface area (TPSA) is 96.0 Å². The molecule has 1 aromatic heterocycles. The Bertz CT molecular complexity index is 1410. The molecule has 9 heteroatoms. The first-order valence-electron chi connectivity index (χ1n) is 15.8. The number of likely N-dealkylation sites (N-methyl/N-ethyl adjacent to an activating group) is 1. The second-order valence-corrected chi connectivity index (χ2v) is 11.7. The van der Waals surface area contributed by atoms with Gasteiger partial charge in [0, 0.05) is 48.5 Å². The van der Waals surface area contributed by atoms with Gasteiger partial charge in [0.2, 0.25) is 0 Å². The molecule has 2 aromatic carbocycles. The van der Waals surface area contributed by atoms with Crippen LogP contribution in [0.1, 0.15) is 71.4 Å². The molecular weight excluding hydrogens is 554 g/mol. The van der Waals surface area contributed by atoms with Gasteiger partial charge in [0.05, 0.1) is 12.7 Å². The maximum atomic E-state index is 13.1. The van der Waals surface area contributed by atoms with Gasteiger partial charge in [0.1, 0.15) is 23.9 Å². The SMILES string of the molecule is CCN(CC)CCOc1cccc(CNC(=O)c2ccc(N3C4CCC3CC(NC(=O)c3cccc(OC)c3C)C4)nc2)c1. The Morgan fingerprint density at radius 3 is 2.43 bits per heavy atom. The number of rotatable bonds is 13. The van der Waals surface area contributed by atoms with Crippen molar-refractivity contribution < 1.29 is 19.1 Å². The van der Waals surface area contributed by atoms with Crippen molar-refractivity contribution in [2.45, 2.75) is 71.1 Å². The summed E-state index contributed by atoms with van der Waals surface area (Å²) in [5, 5.41) is 6.28. The summed E-state index contributed by atoms with van der Waals surface area (Å²) < 4.78 is 11.3. The molecule has 3 heterocycles. The van der Waals surface area contributed by atoms with E-state index in [9.17, 15) is 9.59 Å². The van der Waals surface area contributed by atoms with Gasteiger partial charge in [-0.15, -0.1) is 0 Å². The third-order valence-electron chi connectivity index (χ3n) is 9.01. The van der Waals surface area contributed by atoms with Crippen LogP contribution in [0.5, 0.6) is 11.5 Å². The largest absolute Gasteiger partial charge is 0.496 e. The standard InChI is InChI=1S/C35H45N5O4/c1-5-39(6-2)17-18-44-30-10-7-9-25(19-30)22-37-34(41)26-13-16-33(36-23-26)40-28-14-15-29(40)21-27(20-28)38-35(42)31-11-8-12-32(43-4)24(31)3/h7-13,16,19,23,27-29H,5-6,14-15,17-18,20-22H2,1-4H3,(H,37,41)(H,38,42). The lowest BCUT2D eigenvalue weighted by molar-refractivity contribution is 0.0923. The summed E-state index contributed by atoms with van der Waals surface area (Å²) in [4.78, 5) is 35.4. The van der Waals surface area contributed by atoms with Crippen LogP contribution in [-0.2, 0) is 6.54 Å². The second kappa shape index (κ2) is 14.6. The first-order chi connectivity index (χ1) is 21.4. The van der Waals surface area contributed by atoms with Gasteiger partial charge in [-0.1, -0.05) is 32.0 Å². The number of pyridine rings is 1. The van der Waals surface area contributed by atoms with Crippen LogP contribution in [0.15, 0.2) is 60.8 Å². The molecule has 2 N–H and O–H groups in total. The second-order valence-electron chi connectivity index (χ2n) is 11.7. The van der Waals surface area contributed by atoms with Crippen LogP contribution in [0.4, 0.5) is 5.82 Å². The zero-order valence-corrected chi connectivity index (χ0v) is 26.3. The van der Waals surface area contributed by atoms with Crippen molar-refractivity contribution in [2.24, 2.45) is 0 Å². The number of carbonyl (C=O) groups excluding carboxylic acids is 2. The monoisotopic (exact) mass is 599 g/mol. The van der Waals surface area contributed by atoms with Crippen LogP contribution in [0, 0.1) is 6.92 Å². The maximum Gasteiger partial charge on any atom is 0.253 e. The highest BCUT2D eigenvalue weighted by Crippen LogP contribution is 2.38. The average Bonchev–Trinajstić information content (AvgIpc) is 3.31. The number of hydrogen-bond acceptors (Lipinski definition) is 7. The van der Waals surface area contributed by atoms with Crippen LogP contribution < -0.4 is 25.0 Å². The Labute approximate surface area is 260 Å². The number of ether oxygens (including phenoxy) is 2. The van der Waals surface area contributed by atoms with Gasteiger partial charge < -0.3 is 29.9 Å². The van der Waals surface area contributed by atoms with Gasteiger partial charge in [-0.05, 0) is 87.7 Å². The zero-order chi connectivity index (χ0) is 31.1. The molecule has 2 aliphatic rings. The number of nitrogens with one attached hydrogen (secondary N) is 2. The van der Waals surface area contributed by atoms with E-state index in [1.807, 2.05) is 61.5 Å². The van der Waals surface area contributed by atoms with E-state index in [4.69, 9.17) is 14.5 Å². The van der Waals surface area contributed by atoms with Gasteiger partial charge in [-0.2, -0.15) is 0 Å². The first kappa shape index (κ1) is 31.3. The van der Waals surface area contributed by atoms with Gasteiger partial charge in [-0.25, -0.2) is 4.98 Å². The fraction of sp³-hybridized carbons (Fsp3) is 0.457. The van der Waals surface area contributed by atoms with E-state index < -0.39 is 0 Å². The highest BCUT2D eigenvalue weighted by Gasteiger charge is 2.42. The molecule has 2 atom stereocenters. The van der Waals surface area contributed by atoms with Crippen LogP contribution >= 0.6 is 0 Å². The van der Waals surface area contributed by atoms with Gasteiger partial charge in [0.25, 0.3) is 11.8 Å².